The van der Waals surface area contributed by atoms with Gasteiger partial charge < -0.3 is 8.98 Å². The van der Waals surface area contributed by atoms with Crippen molar-refractivity contribution in [2.24, 2.45) is 0 Å². The molecule has 0 amide bonds. The minimum absolute atomic E-state index is 0.593. The molecule has 57 heavy (non-hydrogen) atoms. The molecule has 8 aromatic carbocycles. The largest absolute Gasteiger partial charge is 0.455 e. The van der Waals surface area contributed by atoms with Gasteiger partial charge in [-0.15, -0.1) is 11.3 Å². The van der Waals surface area contributed by atoms with E-state index in [-0.39, 0.29) is 0 Å². The molecule has 0 unspecified atom stereocenters. The summed E-state index contributed by atoms with van der Waals surface area (Å²) >= 11 is 1.86. The van der Waals surface area contributed by atoms with Crippen LogP contribution in [0.25, 0.3) is 115 Å². The van der Waals surface area contributed by atoms with Crippen molar-refractivity contribution < 1.29 is 4.42 Å². The molecule has 5 nitrogen and oxygen atoms in total. The molecule has 0 spiro atoms. The molecular weight excluding hydrogens is 717 g/mol. The van der Waals surface area contributed by atoms with Crippen LogP contribution in [0.4, 0.5) is 0 Å². The Kier molecular flexibility index (Phi) is 7.03. The average Bonchev–Trinajstić information content (AvgIpc) is 3.96. The van der Waals surface area contributed by atoms with Gasteiger partial charge >= 0.3 is 0 Å². The molecule has 266 valence electrons. The molecule has 0 fully saturated rings. The molecular formula is C51H30N4OS. The number of fused-ring (bicyclic) bond motifs is 10. The summed E-state index contributed by atoms with van der Waals surface area (Å²) in [7, 11) is 0. The Hall–Kier alpha value is -7.41. The third kappa shape index (κ3) is 5.04. The van der Waals surface area contributed by atoms with Gasteiger partial charge in [-0.2, -0.15) is 0 Å². The zero-order valence-electron chi connectivity index (χ0n) is 30.4. The summed E-state index contributed by atoms with van der Waals surface area (Å²) in [5.74, 6) is 1.83. The number of hydrogen-bond donors (Lipinski definition) is 0. The van der Waals surface area contributed by atoms with Gasteiger partial charge in [0.15, 0.2) is 17.5 Å². The molecule has 0 aliphatic carbocycles. The molecule has 12 aromatic rings. The minimum atomic E-state index is 0.593. The SMILES string of the molecule is c1ccc(-c2nc(-c3ccccc3)nc(-c3cc(-c4cccc5c4oc4ccccc45)cc(-n4c5ccccc5c5c6sc7ccccc7c6ccc54)c3)n2)cc1. The fourth-order valence-corrected chi connectivity index (χ4v) is 9.71. The van der Waals surface area contributed by atoms with Crippen LogP contribution in [0.1, 0.15) is 0 Å². The predicted molar refractivity (Wildman–Crippen MR) is 236 cm³/mol. The van der Waals surface area contributed by atoms with Crippen LogP contribution in [0, 0.1) is 0 Å². The van der Waals surface area contributed by atoms with E-state index < -0.39 is 0 Å². The van der Waals surface area contributed by atoms with E-state index in [1.54, 1.807) is 0 Å². The van der Waals surface area contributed by atoms with Gasteiger partial charge in [0.05, 0.1) is 11.0 Å². The van der Waals surface area contributed by atoms with E-state index in [4.69, 9.17) is 19.4 Å². The summed E-state index contributed by atoms with van der Waals surface area (Å²) in [4.78, 5) is 15.4. The number of benzene rings is 8. The lowest BCUT2D eigenvalue weighted by molar-refractivity contribution is 0.670. The zero-order valence-corrected chi connectivity index (χ0v) is 31.2. The van der Waals surface area contributed by atoms with Crippen LogP contribution in [0.3, 0.4) is 0 Å². The number of thiophene rings is 1. The maximum Gasteiger partial charge on any atom is 0.164 e. The topological polar surface area (TPSA) is 56.7 Å². The van der Waals surface area contributed by atoms with E-state index in [9.17, 15) is 0 Å². The molecule has 0 aliphatic heterocycles. The van der Waals surface area contributed by atoms with E-state index in [0.29, 0.717) is 17.5 Å². The van der Waals surface area contributed by atoms with E-state index in [0.717, 1.165) is 66.5 Å². The highest BCUT2D eigenvalue weighted by Gasteiger charge is 2.21. The summed E-state index contributed by atoms with van der Waals surface area (Å²) in [6.45, 7) is 0. The molecule has 12 rings (SSSR count). The quantitative estimate of drug-likeness (QED) is 0.176. The van der Waals surface area contributed by atoms with Crippen LogP contribution in [0.2, 0.25) is 0 Å². The van der Waals surface area contributed by atoms with E-state index in [1.165, 1.54) is 30.9 Å². The smallest absolute Gasteiger partial charge is 0.164 e. The zero-order chi connectivity index (χ0) is 37.5. The van der Waals surface area contributed by atoms with Gasteiger partial charge in [0.25, 0.3) is 0 Å². The first-order valence-electron chi connectivity index (χ1n) is 19.0. The third-order valence-corrected chi connectivity index (χ3v) is 12.2. The van der Waals surface area contributed by atoms with Crippen molar-refractivity contribution in [1.82, 2.24) is 19.5 Å². The Morgan fingerprint density at radius 2 is 1.04 bits per heavy atom. The van der Waals surface area contributed by atoms with Gasteiger partial charge in [-0.3, -0.25) is 0 Å². The fraction of sp³-hybridized carbons (Fsp3) is 0. The number of para-hydroxylation sites is 3. The monoisotopic (exact) mass is 746 g/mol. The van der Waals surface area contributed by atoms with Crippen molar-refractivity contribution in [2.75, 3.05) is 0 Å². The van der Waals surface area contributed by atoms with Gasteiger partial charge in [0, 0.05) is 69.7 Å². The van der Waals surface area contributed by atoms with Gasteiger partial charge in [-0.25, -0.2) is 15.0 Å². The summed E-state index contributed by atoms with van der Waals surface area (Å²) in [6, 6.07) is 63.7. The van der Waals surface area contributed by atoms with E-state index in [2.05, 4.69) is 114 Å². The van der Waals surface area contributed by atoms with Gasteiger partial charge in [-0.05, 0) is 48.0 Å². The number of hydrogen-bond acceptors (Lipinski definition) is 5. The lowest BCUT2D eigenvalue weighted by Gasteiger charge is -2.14. The lowest BCUT2D eigenvalue weighted by Crippen LogP contribution is -2.01. The highest BCUT2D eigenvalue weighted by Crippen LogP contribution is 2.45. The number of aromatic nitrogens is 4. The second-order valence-corrected chi connectivity index (χ2v) is 15.4. The number of furan rings is 1. The van der Waals surface area contributed by atoms with Crippen molar-refractivity contribution in [3.8, 4) is 51.0 Å². The summed E-state index contributed by atoms with van der Waals surface area (Å²) < 4.78 is 11.6. The number of rotatable bonds is 5. The maximum absolute atomic E-state index is 6.64. The fourth-order valence-electron chi connectivity index (χ4n) is 8.45. The Morgan fingerprint density at radius 1 is 0.421 bits per heavy atom. The molecule has 0 aliphatic rings. The van der Waals surface area contributed by atoms with Crippen molar-refractivity contribution in [1.29, 1.82) is 0 Å². The second kappa shape index (κ2) is 12.6. The Labute approximate surface area is 330 Å². The molecule has 0 atom stereocenters. The predicted octanol–water partition coefficient (Wildman–Crippen LogP) is 13.9. The molecule has 0 bridgehead atoms. The average molecular weight is 747 g/mol. The molecule has 0 saturated carbocycles. The van der Waals surface area contributed by atoms with Crippen LogP contribution in [0.15, 0.2) is 186 Å². The first kappa shape index (κ1) is 31.9. The first-order valence-corrected chi connectivity index (χ1v) is 19.8. The Balaban J connectivity index is 1.18. The molecule has 4 aromatic heterocycles. The van der Waals surface area contributed by atoms with Crippen molar-refractivity contribution in [2.45, 2.75) is 0 Å². The van der Waals surface area contributed by atoms with Gasteiger partial charge in [0.2, 0.25) is 0 Å². The maximum atomic E-state index is 6.64. The highest BCUT2D eigenvalue weighted by atomic mass is 32.1. The lowest BCUT2D eigenvalue weighted by atomic mass is 9.99. The van der Waals surface area contributed by atoms with Crippen LogP contribution >= 0.6 is 11.3 Å². The van der Waals surface area contributed by atoms with Crippen molar-refractivity contribution in [3.63, 3.8) is 0 Å². The van der Waals surface area contributed by atoms with Crippen LogP contribution in [0.5, 0.6) is 0 Å². The second-order valence-electron chi connectivity index (χ2n) is 14.4. The first-order chi connectivity index (χ1) is 28.2. The highest BCUT2D eigenvalue weighted by molar-refractivity contribution is 7.26. The minimum Gasteiger partial charge on any atom is -0.455 e. The van der Waals surface area contributed by atoms with E-state index in [1.807, 2.05) is 84.1 Å². The van der Waals surface area contributed by atoms with Gasteiger partial charge in [0.1, 0.15) is 11.2 Å². The summed E-state index contributed by atoms with van der Waals surface area (Å²) in [5.41, 5.74) is 9.73. The summed E-state index contributed by atoms with van der Waals surface area (Å²) in [6.07, 6.45) is 0. The van der Waals surface area contributed by atoms with Crippen molar-refractivity contribution in [3.05, 3.63) is 182 Å². The van der Waals surface area contributed by atoms with Crippen LogP contribution in [-0.2, 0) is 0 Å². The Morgan fingerprint density at radius 3 is 1.81 bits per heavy atom. The van der Waals surface area contributed by atoms with Crippen LogP contribution in [-0.4, -0.2) is 19.5 Å². The Bertz CT molecular complexity index is 3470. The molecule has 0 radical (unpaired) electrons. The normalized spacial score (nSPS) is 11.9. The molecule has 6 heteroatoms. The number of nitrogens with zero attached hydrogens (tertiary/aromatic N) is 4. The third-order valence-electron chi connectivity index (χ3n) is 11.0. The molecule has 0 N–H and O–H groups in total. The summed E-state index contributed by atoms with van der Waals surface area (Å²) in [5, 5.41) is 7.22. The van der Waals surface area contributed by atoms with Crippen LogP contribution < -0.4 is 0 Å². The van der Waals surface area contributed by atoms with E-state index >= 15 is 0 Å². The molecule has 4 heterocycles. The standard InChI is InChI=1S/C51H30N4OS/c1-3-14-31(15-4-1)49-52-50(32-16-5-2-6-17-32)54-51(53-49)34-28-33(36-21-13-22-39-37-18-8-11-24-44(37)56-47(36)39)29-35(30-34)55-42-23-10-7-20-41(42)46-43(55)27-26-40-38-19-9-12-25-45(38)57-48(40)46/h1-30H. The molecule has 0 saturated heterocycles. The van der Waals surface area contributed by atoms with Gasteiger partial charge in [-0.1, -0.05) is 140 Å². The van der Waals surface area contributed by atoms with Crippen molar-refractivity contribution >= 4 is 75.3 Å².